The van der Waals surface area contributed by atoms with Gasteiger partial charge in [-0.1, -0.05) is 0 Å². The minimum atomic E-state index is -5.20. The number of ether oxygens (including phenoxy) is 2. The second kappa shape index (κ2) is 5.33. The molecule has 0 saturated carbocycles. The first kappa shape index (κ1) is 15.7. The molecule has 1 fully saturated rings. The number of hydrogen-bond acceptors (Lipinski definition) is 5. The summed E-state index contributed by atoms with van der Waals surface area (Å²) in [4.78, 5) is 23.9. The third-order valence-electron chi connectivity index (χ3n) is 2.59. The van der Waals surface area contributed by atoms with Gasteiger partial charge in [-0.2, -0.15) is 13.2 Å². The van der Waals surface area contributed by atoms with E-state index in [0.29, 0.717) is 0 Å². The van der Waals surface area contributed by atoms with Gasteiger partial charge in [0.15, 0.2) is 0 Å². The Kier molecular flexibility index (Phi) is 4.41. The van der Waals surface area contributed by atoms with Crippen LogP contribution in [0.3, 0.4) is 0 Å². The van der Waals surface area contributed by atoms with Crippen molar-refractivity contribution in [3.05, 3.63) is 0 Å². The molecule has 1 saturated heterocycles. The Balaban J connectivity index is 2.76. The Hall–Kier alpha value is -1.35. The van der Waals surface area contributed by atoms with Crippen molar-refractivity contribution < 1.29 is 32.2 Å². The molecule has 0 aromatic heterocycles. The van der Waals surface area contributed by atoms with Crippen molar-refractivity contribution in [1.29, 1.82) is 0 Å². The first-order valence-electron chi connectivity index (χ1n) is 5.53. The van der Waals surface area contributed by atoms with Gasteiger partial charge < -0.3 is 14.4 Å². The molecule has 2 atom stereocenters. The lowest BCUT2D eigenvalue weighted by Gasteiger charge is -2.37. The number of carbonyl (C=O) groups excluding carboxylic acids is 2. The third-order valence-corrected chi connectivity index (χ3v) is 2.59. The van der Waals surface area contributed by atoms with Gasteiger partial charge in [-0.15, -0.1) is 0 Å². The van der Waals surface area contributed by atoms with E-state index in [9.17, 15) is 22.8 Å². The van der Waals surface area contributed by atoms with Crippen molar-refractivity contribution in [3.8, 4) is 0 Å². The van der Waals surface area contributed by atoms with Gasteiger partial charge in [-0.25, -0.2) is 4.79 Å². The van der Waals surface area contributed by atoms with Gasteiger partial charge in [0.2, 0.25) is 5.72 Å². The van der Waals surface area contributed by atoms with E-state index in [1.165, 1.54) is 4.90 Å². The number of carbonyl (C=O) groups is 2. The molecule has 2 N–H and O–H groups in total. The molecule has 0 unspecified atom stereocenters. The van der Waals surface area contributed by atoms with Crippen LogP contribution in [0.2, 0.25) is 0 Å². The topological polar surface area (TPSA) is 81.9 Å². The molecule has 0 aliphatic carbocycles. The lowest BCUT2D eigenvalue weighted by molar-refractivity contribution is -0.215. The van der Waals surface area contributed by atoms with E-state index in [1.807, 2.05) is 0 Å². The molecule has 0 radical (unpaired) electrons. The summed E-state index contributed by atoms with van der Waals surface area (Å²) in [7, 11) is 0. The van der Waals surface area contributed by atoms with Crippen LogP contribution < -0.4 is 5.73 Å². The predicted molar refractivity (Wildman–Crippen MR) is 56.7 cm³/mol. The smallest absolute Gasteiger partial charge is 0.428 e. The molecule has 1 amide bonds. The number of esters is 1. The Morgan fingerprint density at radius 3 is 2.47 bits per heavy atom. The molecule has 1 rings (SSSR count). The molecule has 19 heavy (non-hydrogen) atoms. The zero-order valence-electron chi connectivity index (χ0n) is 10.5. The summed E-state index contributed by atoms with van der Waals surface area (Å²) >= 11 is 0. The summed E-state index contributed by atoms with van der Waals surface area (Å²) < 4.78 is 45.4. The van der Waals surface area contributed by atoms with Gasteiger partial charge in [0.05, 0.1) is 19.3 Å². The van der Waals surface area contributed by atoms with Crippen molar-refractivity contribution >= 4 is 11.9 Å². The standard InChI is InChI=1S/C10H15F3N2O4/c1-6-5-18-4-3-15(6)7(16)9(2,14)19-8(17)10(11,12)13/h6H,3-5,14H2,1-2H3/t6-,9+/m0/s1. The average Bonchev–Trinajstić information content (AvgIpc) is 2.27. The van der Waals surface area contributed by atoms with Gasteiger partial charge in [-0.05, 0) is 13.8 Å². The first-order valence-corrected chi connectivity index (χ1v) is 5.53. The fourth-order valence-corrected chi connectivity index (χ4v) is 1.61. The summed E-state index contributed by atoms with van der Waals surface area (Å²) in [5, 5.41) is 0. The Morgan fingerprint density at radius 2 is 2.00 bits per heavy atom. The maximum absolute atomic E-state index is 12.1. The molecular formula is C10H15F3N2O4. The van der Waals surface area contributed by atoms with Crippen LogP contribution in [0.15, 0.2) is 0 Å². The highest BCUT2D eigenvalue weighted by molar-refractivity contribution is 5.88. The maximum Gasteiger partial charge on any atom is 0.491 e. The van der Waals surface area contributed by atoms with Gasteiger partial charge in [0.25, 0.3) is 5.91 Å². The summed E-state index contributed by atoms with van der Waals surface area (Å²) in [6.45, 7) is 3.24. The highest BCUT2D eigenvalue weighted by Gasteiger charge is 2.48. The molecule has 110 valence electrons. The van der Waals surface area contributed by atoms with Crippen LogP contribution >= 0.6 is 0 Å². The second-order valence-corrected chi connectivity index (χ2v) is 4.42. The van der Waals surface area contributed by atoms with Crippen molar-refractivity contribution in [2.45, 2.75) is 31.8 Å². The molecule has 0 aromatic carbocycles. The van der Waals surface area contributed by atoms with Crippen molar-refractivity contribution in [1.82, 2.24) is 4.90 Å². The molecular weight excluding hydrogens is 269 g/mol. The second-order valence-electron chi connectivity index (χ2n) is 4.42. The number of alkyl halides is 3. The number of halogens is 3. The SMILES string of the molecule is C[C@H]1COCCN1C(=O)[C@](C)(N)OC(=O)C(F)(F)F. The predicted octanol–water partition coefficient (Wildman–Crippen LogP) is 0.0141. The Bertz CT molecular complexity index is 370. The Morgan fingerprint density at radius 1 is 1.42 bits per heavy atom. The van der Waals surface area contributed by atoms with Crippen LogP contribution in [0.25, 0.3) is 0 Å². The summed E-state index contributed by atoms with van der Waals surface area (Å²) in [5.41, 5.74) is 3.01. The number of hydrogen-bond donors (Lipinski definition) is 1. The lowest BCUT2D eigenvalue weighted by Crippen LogP contribution is -2.61. The number of amides is 1. The van der Waals surface area contributed by atoms with Crippen LogP contribution in [0.5, 0.6) is 0 Å². The van der Waals surface area contributed by atoms with Crippen LogP contribution in [0, 0.1) is 0 Å². The first-order chi connectivity index (χ1) is 8.55. The molecule has 0 bridgehead atoms. The average molecular weight is 284 g/mol. The molecule has 0 spiro atoms. The van der Waals surface area contributed by atoms with E-state index in [4.69, 9.17) is 10.5 Å². The molecule has 1 heterocycles. The Labute approximate surface area is 107 Å². The van der Waals surface area contributed by atoms with Gasteiger partial charge in [0.1, 0.15) is 0 Å². The van der Waals surface area contributed by atoms with Crippen LogP contribution in [-0.2, 0) is 19.1 Å². The van der Waals surface area contributed by atoms with Crippen LogP contribution in [0.1, 0.15) is 13.8 Å². The van der Waals surface area contributed by atoms with Gasteiger partial charge >= 0.3 is 12.1 Å². The van der Waals surface area contributed by atoms with E-state index in [1.54, 1.807) is 6.92 Å². The van der Waals surface area contributed by atoms with Crippen LogP contribution in [0.4, 0.5) is 13.2 Å². The van der Waals surface area contributed by atoms with Crippen molar-refractivity contribution in [2.75, 3.05) is 19.8 Å². The number of rotatable bonds is 2. The van der Waals surface area contributed by atoms with Crippen molar-refractivity contribution in [2.24, 2.45) is 5.73 Å². The zero-order chi connectivity index (χ0) is 14.8. The van der Waals surface area contributed by atoms with E-state index >= 15 is 0 Å². The van der Waals surface area contributed by atoms with Crippen molar-refractivity contribution in [3.63, 3.8) is 0 Å². The molecule has 0 aromatic rings. The zero-order valence-corrected chi connectivity index (χ0v) is 10.5. The van der Waals surface area contributed by atoms with Crippen LogP contribution in [-0.4, -0.2) is 54.5 Å². The molecule has 9 heteroatoms. The highest BCUT2D eigenvalue weighted by atomic mass is 19.4. The van der Waals surface area contributed by atoms with E-state index in [0.717, 1.165) is 6.92 Å². The van der Waals surface area contributed by atoms with Gasteiger partial charge in [0, 0.05) is 6.54 Å². The normalized spacial score (nSPS) is 23.7. The number of morpholine rings is 1. The lowest BCUT2D eigenvalue weighted by atomic mass is 10.1. The fraction of sp³-hybridized carbons (Fsp3) is 0.800. The molecule has 6 nitrogen and oxygen atoms in total. The maximum atomic E-state index is 12.1. The third kappa shape index (κ3) is 3.80. The van der Waals surface area contributed by atoms with E-state index in [-0.39, 0.29) is 25.8 Å². The molecule has 1 aliphatic heterocycles. The minimum absolute atomic E-state index is 0.177. The number of nitrogens with two attached hydrogens (primary N) is 1. The summed E-state index contributed by atoms with van der Waals surface area (Å²) in [5.74, 6) is -3.38. The van der Waals surface area contributed by atoms with E-state index in [2.05, 4.69) is 4.74 Å². The number of nitrogens with zero attached hydrogens (tertiary/aromatic N) is 1. The quantitative estimate of drug-likeness (QED) is 0.571. The van der Waals surface area contributed by atoms with E-state index < -0.39 is 23.8 Å². The summed E-state index contributed by atoms with van der Waals surface area (Å²) in [6, 6.07) is -0.353. The molecule has 1 aliphatic rings. The summed E-state index contributed by atoms with van der Waals surface area (Å²) in [6.07, 6.45) is -5.20. The highest BCUT2D eigenvalue weighted by Crippen LogP contribution is 2.21. The fourth-order valence-electron chi connectivity index (χ4n) is 1.61. The monoisotopic (exact) mass is 284 g/mol. The minimum Gasteiger partial charge on any atom is -0.428 e. The largest absolute Gasteiger partial charge is 0.491 e. The van der Waals surface area contributed by atoms with Gasteiger partial charge in [-0.3, -0.25) is 10.5 Å².